The summed E-state index contributed by atoms with van der Waals surface area (Å²) in [6, 6.07) is 7.98. The van der Waals surface area contributed by atoms with Crippen molar-refractivity contribution in [1.82, 2.24) is 10.1 Å². The summed E-state index contributed by atoms with van der Waals surface area (Å²) in [5, 5.41) is 4.12. The van der Waals surface area contributed by atoms with Gasteiger partial charge in [0.05, 0.1) is 6.54 Å². The first kappa shape index (κ1) is 16.6. The Morgan fingerprint density at radius 2 is 1.85 bits per heavy atom. The predicted octanol–water partition coefficient (Wildman–Crippen LogP) is 2.40. The van der Waals surface area contributed by atoms with Gasteiger partial charge in [-0.05, 0) is 49.9 Å². The molecule has 0 spiro atoms. The van der Waals surface area contributed by atoms with Gasteiger partial charge in [-0.1, -0.05) is 29.8 Å². The lowest BCUT2D eigenvalue weighted by molar-refractivity contribution is -0.555. The summed E-state index contributed by atoms with van der Waals surface area (Å²) < 4.78 is 7.39. The first-order valence-electron chi connectivity index (χ1n) is 9.31. The van der Waals surface area contributed by atoms with Gasteiger partial charge in [-0.15, -0.1) is 0 Å². The molecule has 0 amide bonds. The Kier molecular flexibility index (Phi) is 4.61. The summed E-state index contributed by atoms with van der Waals surface area (Å²) in [5.41, 5.74) is 13.4. The molecule has 6 nitrogen and oxygen atoms in total. The molecule has 6 heteroatoms. The number of nitrogens with two attached hydrogens (primary N) is 2. The Morgan fingerprint density at radius 3 is 2.58 bits per heavy atom. The van der Waals surface area contributed by atoms with Crippen molar-refractivity contribution in [2.24, 2.45) is 17.4 Å². The van der Waals surface area contributed by atoms with Crippen molar-refractivity contribution in [2.75, 3.05) is 6.54 Å². The molecule has 0 bridgehead atoms. The van der Waals surface area contributed by atoms with Gasteiger partial charge in [-0.2, -0.15) is 4.98 Å². The van der Waals surface area contributed by atoms with Crippen LogP contribution in [0.15, 0.2) is 28.8 Å². The van der Waals surface area contributed by atoms with Crippen LogP contribution >= 0.6 is 0 Å². The zero-order chi connectivity index (χ0) is 17.9. The first-order chi connectivity index (χ1) is 12.7. The standard InChI is InChI=1S/C20H23N5O/c21-20(22)25-13-3-6-17(25)19-23-18(24-26-19)16-11-9-15(10-12-16)8-7-14-4-1-2-5-14/h9-12,14,17H,1-6,13H2,(H3,21,22)/p+1/t17-/m0/s1. The van der Waals surface area contributed by atoms with Crippen molar-refractivity contribution in [3.8, 4) is 23.2 Å². The summed E-state index contributed by atoms with van der Waals surface area (Å²) >= 11 is 0. The van der Waals surface area contributed by atoms with E-state index in [0.29, 0.717) is 23.6 Å². The minimum Gasteiger partial charge on any atom is -0.335 e. The van der Waals surface area contributed by atoms with E-state index in [1.165, 1.54) is 25.7 Å². The Bertz CT molecular complexity index is 862. The van der Waals surface area contributed by atoms with E-state index in [0.717, 1.165) is 30.5 Å². The van der Waals surface area contributed by atoms with Gasteiger partial charge < -0.3 is 4.52 Å². The number of aromatic nitrogens is 2. The highest BCUT2D eigenvalue weighted by atomic mass is 16.5. The minimum atomic E-state index is -0.0298. The number of hydrogen-bond acceptors (Lipinski definition) is 3. The first-order valence-corrected chi connectivity index (χ1v) is 9.31. The molecule has 1 atom stereocenters. The van der Waals surface area contributed by atoms with Gasteiger partial charge in [0.25, 0.3) is 5.89 Å². The van der Waals surface area contributed by atoms with E-state index in [1.807, 2.05) is 28.8 Å². The van der Waals surface area contributed by atoms with E-state index in [4.69, 9.17) is 16.0 Å². The molecule has 2 aliphatic rings. The average Bonchev–Trinajstić information content (AvgIpc) is 3.41. The van der Waals surface area contributed by atoms with Crippen LogP contribution in [-0.2, 0) is 0 Å². The zero-order valence-corrected chi connectivity index (χ0v) is 14.8. The van der Waals surface area contributed by atoms with Crippen LogP contribution in [0.2, 0.25) is 0 Å². The molecule has 1 aliphatic heterocycles. The lowest BCUT2D eigenvalue weighted by Gasteiger charge is -2.06. The van der Waals surface area contributed by atoms with Crippen molar-refractivity contribution < 1.29 is 9.10 Å². The van der Waals surface area contributed by atoms with Crippen molar-refractivity contribution >= 4 is 5.96 Å². The fraction of sp³-hybridized carbons (Fsp3) is 0.450. The molecule has 134 valence electrons. The van der Waals surface area contributed by atoms with Gasteiger partial charge >= 0.3 is 5.96 Å². The smallest absolute Gasteiger partial charge is 0.335 e. The molecule has 1 aromatic heterocycles. The molecule has 0 unspecified atom stereocenters. The van der Waals surface area contributed by atoms with Crippen LogP contribution in [0.1, 0.15) is 56.0 Å². The van der Waals surface area contributed by atoms with E-state index in [9.17, 15) is 0 Å². The number of benzene rings is 1. The molecule has 2 aromatic rings. The predicted molar refractivity (Wildman–Crippen MR) is 99.1 cm³/mol. The molecule has 2 fully saturated rings. The molecule has 1 aromatic carbocycles. The van der Waals surface area contributed by atoms with E-state index in [1.54, 1.807) is 0 Å². The highest BCUT2D eigenvalue weighted by Crippen LogP contribution is 2.28. The maximum Gasteiger partial charge on any atom is 0.341 e. The van der Waals surface area contributed by atoms with Gasteiger partial charge in [0, 0.05) is 17.0 Å². The number of nitrogens with zero attached hydrogens (tertiary/aromatic N) is 3. The lowest BCUT2D eigenvalue weighted by Crippen LogP contribution is -2.35. The molecule has 1 aliphatic carbocycles. The molecule has 4 rings (SSSR count). The van der Waals surface area contributed by atoms with Crippen LogP contribution in [0.25, 0.3) is 11.4 Å². The second kappa shape index (κ2) is 7.20. The van der Waals surface area contributed by atoms with Gasteiger partial charge in [0.15, 0.2) is 6.04 Å². The topological polar surface area (TPSA) is 94.0 Å². The Labute approximate surface area is 153 Å². The van der Waals surface area contributed by atoms with Crippen LogP contribution in [-0.4, -0.2) is 27.2 Å². The molecular formula is C20H24N5O+. The number of hydrogen-bond donors (Lipinski definition) is 2. The van der Waals surface area contributed by atoms with E-state index in [2.05, 4.69) is 22.0 Å². The average molecular weight is 350 g/mol. The van der Waals surface area contributed by atoms with Crippen molar-refractivity contribution in [1.29, 1.82) is 0 Å². The summed E-state index contributed by atoms with van der Waals surface area (Å²) in [7, 11) is 0. The molecule has 1 saturated heterocycles. The summed E-state index contributed by atoms with van der Waals surface area (Å²) in [5.74, 6) is 8.68. The van der Waals surface area contributed by atoms with Crippen molar-refractivity contribution in [3.05, 3.63) is 35.7 Å². The molecule has 2 heterocycles. The molecule has 4 N–H and O–H groups in total. The quantitative estimate of drug-likeness (QED) is 0.493. The summed E-state index contributed by atoms with van der Waals surface area (Å²) in [6.07, 6.45) is 7.01. The Hall–Kier alpha value is -2.81. The van der Waals surface area contributed by atoms with E-state index in [-0.39, 0.29) is 6.04 Å². The normalized spacial score (nSPS) is 20.2. The third-order valence-electron chi connectivity index (χ3n) is 5.23. The fourth-order valence-electron chi connectivity index (χ4n) is 3.78. The second-order valence-corrected chi connectivity index (χ2v) is 7.06. The third-order valence-corrected chi connectivity index (χ3v) is 5.23. The lowest BCUT2D eigenvalue weighted by atomic mass is 10.1. The molecular weight excluding hydrogens is 326 g/mol. The van der Waals surface area contributed by atoms with Crippen molar-refractivity contribution in [2.45, 2.75) is 44.6 Å². The van der Waals surface area contributed by atoms with Gasteiger partial charge in [-0.25, -0.2) is 0 Å². The highest BCUT2D eigenvalue weighted by Gasteiger charge is 2.31. The summed E-state index contributed by atoms with van der Waals surface area (Å²) in [6.45, 7) is 0.819. The monoisotopic (exact) mass is 350 g/mol. The highest BCUT2D eigenvalue weighted by molar-refractivity contribution is 5.70. The number of guanidine groups is 1. The van der Waals surface area contributed by atoms with E-state index < -0.39 is 0 Å². The van der Waals surface area contributed by atoms with Crippen LogP contribution in [0.5, 0.6) is 0 Å². The Morgan fingerprint density at radius 1 is 1.08 bits per heavy atom. The maximum absolute atomic E-state index is 5.75. The molecule has 1 saturated carbocycles. The second-order valence-electron chi connectivity index (χ2n) is 7.06. The van der Waals surface area contributed by atoms with Crippen LogP contribution < -0.4 is 11.5 Å². The minimum absolute atomic E-state index is 0.0298. The number of rotatable bonds is 2. The molecule has 26 heavy (non-hydrogen) atoms. The van der Waals surface area contributed by atoms with Gasteiger partial charge in [0.2, 0.25) is 5.82 Å². The van der Waals surface area contributed by atoms with Crippen LogP contribution in [0, 0.1) is 17.8 Å². The SMILES string of the molecule is NC(N)=[N+]1CCC[C@H]1c1nc(-c2ccc(C#CC3CCCC3)cc2)no1. The Balaban J connectivity index is 1.50. The summed E-state index contributed by atoms with van der Waals surface area (Å²) in [4.78, 5) is 4.55. The van der Waals surface area contributed by atoms with Gasteiger partial charge in [0.1, 0.15) is 0 Å². The van der Waals surface area contributed by atoms with E-state index >= 15 is 0 Å². The maximum atomic E-state index is 5.75. The largest absolute Gasteiger partial charge is 0.341 e. The van der Waals surface area contributed by atoms with Crippen molar-refractivity contribution in [3.63, 3.8) is 0 Å². The third kappa shape index (κ3) is 3.43. The fourth-order valence-corrected chi connectivity index (χ4v) is 3.78. The zero-order valence-electron chi connectivity index (χ0n) is 14.8. The van der Waals surface area contributed by atoms with Crippen LogP contribution in [0.3, 0.4) is 0 Å². The van der Waals surface area contributed by atoms with Crippen LogP contribution in [0.4, 0.5) is 0 Å². The molecule has 0 radical (unpaired) electrons. The van der Waals surface area contributed by atoms with Gasteiger partial charge in [-0.3, -0.25) is 16.0 Å².